The number of carbonyl (C=O) groups is 2. The van der Waals surface area contributed by atoms with E-state index in [1.807, 2.05) is 6.07 Å². The van der Waals surface area contributed by atoms with Gasteiger partial charge in [0.25, 0.3) is 0 Å². The fourth-order valence-corrected chi connectivity index (χ4v) is 1.51. The highest BCUT2D eigenvalue weighted by molar-refractivity contribution is 6.05. The Morgan fingerprint density at radius 2 is 1.94 bits per heavy atom. The molecule has 17 heavy (non-hydrogen) atoms. The van der Waals surface area contributed by atoms with Crippen molar-refractivity contribution in [2.45, 2.75) is 6.10 Å². The smallest absolute Gasteiger partial charge is 0.335 e. The van der Waals surface area contributed by atoms with Crippen LogP contribution in [0.1, 0.15) is 0 Å². The van der Waals surface area contributed by atoms with Gasteiger partial charge in [-0.25, -0.2) is 4.79 Å². The van der Waals surface area contributed by atoms with E-state index < -0.39 is 12.1 Å². The maximum atomic E-state index is 11.6. The van der Waals surface area contributed by atoms with Gasteiger partial charge in [0, 0.05) is 0 Å². The molecule has 0 heterocycles. The molecular weight excluding hydrogens is 220 g/mol. The molecule has 0 radical (unpaired) electrons. The molecule has 1 atom stereocenters. The third-order valence-corrected chi connectivity index (χ3v) is 2.32. The molecule has 0 fully saturated rings. The van der Waals surface area contributed by atoms with E-state index in [1.165, 1.54) is 18.2 Å². The van der Waals surface area contributed by atoms with Gasteiger partial charge in [0.05, 0.1) is 5.57 Å². The number of hydrogen-bond acceptors (Lipinski definition) is 3. The van der Waals surface area contributed by atoms with Crippen LogP contribution in [-0.4, -0.2) is 23.0 Å². The van der Waals surface area contributed by atoms with Crippen molar-refractivity contribution >= 4 is 11.8 Å². The first-order valence-electron chi connectivity index (χ1n) is 5.05. The van der Waals surface area contributed by atoms with Gasteiger partial charge in [0.2, 0.25) is 5.78 Å². The Kier molecular flexibility index (Phi) is 3.05. The first-order chi connectivity index (χ1) is 8.18. The van der Waals surface area contributed by atoms with Crippen LogP contribution in [0.4, 0.5) is 0 Å². The standard InChI is InChI=1S/C13H10O4/c14-11-8-4-7-10(13(15)16)12(11)17-9-5-2-1-3-6-9/h1-8,12H,(H,15,16). The van der Waals surface area contributed by atoms with Crippen LogP contribution in [0, 0.1) is 0 Å². The predicted octanol–water partition coefficient (Wildman–Crippen LogP) is 1.58. The first-order valence-corrected chi connectivity index (χ1v) is 5.05. The number of para-hydroxylation sites is 1. The summed E-state index contributed by atoms with van der Waals surface area (Å²) in [6.45, 7) is 0. The lowest BCUT2D eigenvalue weighted by Gasteiger charge is -2.19. The molecule has 1 aliphatic rings. The van der Waals surface area contributed by atoms with Crippen LogP contribution in [0.2, 0.25) is 0 Å². The zero-order chi connectivity index (χ0) is 12.3. The Labute approximate surface area is 97.8 Å². The summed E-state index contributed by atoms with van der Waals surface area (Å²) in [5.41, 5.74) is -0.0543. The monoisotopic (exact) mass is 230 g/mol. The van der Waals surface area contributed by atoms with Crippen LogP contribution >= 0.6 is 0 Å². The Balaban J connectivity index is 2.24. The lowest BCUT2D eigenvalue weighted by molar-refractivity contribution is -0.135. The van der Waals surface area contributed by atoms with Gasteiger partial charge >= 0.3 is 5.97 Å². The number of benzene rings is 1. The number of carboxylic acid groups (broad SMARTS) is 1. The number of ketones is 1. The van der Waals surface area contributed by atoms with Crippen LogP contribution in [0.25, 0.3) is 0 Å². The first kappa shape index (κ1) is 11.1. The molecule has 0 saturated carbocycles. The fraction of sp³-hybridized carbons (Fsp3) is 0.0769. The van der Waals surface area contributed by atoms with E-state index in [2.05, 4.69) is 0 Å². The second kappa shape index (κ2) is 4.65. The van der Waals surface area contributed by atoms with Crippen LogP contribution in [-0.2, 0) is 9.59 Å². The molecule has 4 heteroatoms. The quantitative estimate of drug-likeness (QED) is 0.856. The van der Waals surface area contributed by atoms with E-state index in [4.69, 9.17) is 9.84 Å². The molecule has 0 spiro atoms. The molecule has 2 rings (SSSR count). The molecule has 0 bridgehead atoms. The molecule has 1 aliphatic carbocycles. The van der Waals surface area contributed by atoms with E-state index in [0.29, 0.717) is 5.75 Å². The van der Waals surface area contributed by atoms with Gasteiger partial charge in [0.15, 0.2) is 6.10 Å². The second-order valence-electron chi connectivity index (χ2n) is 3.50. The molecule has 0 saturated heterocycles. The van der Waals surface area contributed by atoms with E-state index in [-0.39, 0.29) is 11.4 Å². The van der Waals surface area contributed by atoms with Gasteiger partial charge in [-0.05, 0) is 24.3 Å². The zero-order valence-electron chi connectivity index (χ0n) is 8.87. The molecule has 0 aliphatic heterocycles. The summed E-state index contributed by atoms with van der Waals surface area (Å²) in [4.78, 5) is 22.6. The summed E-state index contributed by atoms with van der Waals surface area (Å²) < 4.78 is 5.39. The van der Waals surface area contributed by atoms with Crippen molar-refractivity contribution < 1.29 is 19.4 Å². The van der Waals surface area contributed by atoms with Gasteiger partial charge in [0.1, 0.15) is 5.75 Å². The molecule has 0 amide bonds. The molecule has 0 aromatic heterocycles. The minimum absolute atomic E-state index is 0.0543. The number of ether oxygens (including phenoxy) is 1. The van der Waals surface area contributed by atoms with Gasteiger partial charge in [-0.15, -0.1) is 0 Å². The maximum Gasteiger partial charge on any atom is 0.335 e. The maximum absolute atomic E-state index is 11.6. The minimum atomic E-state index is -1.15. The summed E-state index contributed by atoms with van der Waals surface area (Å²) in [5.74, 6) is -1.05. The number of carboxylic acids is 1. The van der Waals surface area contributed by atoms with Crippen molar-refractivity contribution in [2.24, 2.45) is 0 Å². The molecule has 1 N–H and O–H groups in total. The summed E-state index contributed by atoms with van der Waals surface area (Å²) in [7, 11) is 0. The van der Waals surface area contributed by atoms with Crippen LogP contribution in [0.5, 0.6) is 5.75 Å². The zero-order valence-corrected chi connectivity index (χ0v) is 8.87. The van der Waals surface area contributed by atoms with Crippen LogP contribution < -0.4 is 4.74 Å². The third-order valence-electron chi connectivity index (χ3n) is 2.32. The van der Waals surface area contributed by atoms with E-state index in [9.17, 15) is 9.59 Å². The van der Waals surface area contributed by atoms with Crippen LogP contribution in [0.3, 0.4) is 0 Å². The number of aliphatic carboxylic acids is 1. The summed E-state index contributed by atoms with van der Waals surface area (Å²) in [5, 5.41) is 8.97. The fourth-order valence-electron chi connectivity index (χ4n) is 1.51. The molecule has 1 aromatic carbocycles. The highest BCUT2D eigenvalue weighted by atomic mass is 16.5. The average Bonchev–Trinajstić information content (AvgIpc) is 2.33. The van der Waals surface area contributed by atoms with Gasteiger partial charge in [-0.3, -0.25) is 4.79 Å². The average molecular weight is 230 g/mol. The number of hydrogen-bond donors (Lipinski definition) is 1. The molecule has 1 aromatic rings. The third kappa shape index (κ3) is 2.42. The minimum Gasteiger partial charge on any atom is -0.478 e. The molecular formula is C13H10O4. The van der Waals surface area contributed by atoms with Crippen molar-refractivity contribution in [3.63, 3.8) is 0 Å². The highest BCUT2D eigenvalue weighted by Gasteiger charge is 2.29. The Morgan fingerprint density at radius 3 is 2.59 bits per heavy atom. The SMILES string of the molecule is O=C(O)C1=CC=CC(=O)C1Oc1ccccc1. The summed E-state index contributed by atoms with van der Waals surface area (Å²) >= 11 is 0. The number of carbonyl (C=O) groups excluding carboxylic acids is 1. The van der Waals surface area contributed by atoms with Gasteiger partial charge in [-0.2, -0.15) is 0 Å². The van der Waals surface area contributed by atoms with Crippen molar-refractivity contribution in [1.29, 1.82) is 0 Å². The van der Waals surface area contributed by atoms with Crippen molar-refractivity contribution in [3.05, 3.63) is 54.1 Å². The van der Waals surface area contributed by atoms with Crippen molar-refractivity contribution in [1.82, 2.24) is 0 Å². The summed E-state index contributed by atoms with van der Waals surface area (Å²) in [6.07, 6.45) is 3.02. The predicted molar refractivity (Wildman–Crippen MR) is 60.7 cm³/mol. The largest absolute Gasteiger partial charge is 0.478 e. The highest BCUT2D eigenvalue weighted by Crippen LogP contribution is 2.19. The Hall–Kier alpha value is -2.36. The summed E-state index contributed by atoms with van der Waals surface area (Å²) in [6, 6.07) is 8.66. The lowest BCUT2D eigenvalue weighted by Crippen LogP contribution is -2.33. The molecule has 1 unspecified atom stereocenters. The normalized spacial score (nSPS) is 18.7. The second-order valence-corrected chi connectivity index (χ2v) is 3.50. The molecule has 4 nitrogen and oxygen atoms in total. The Morgan fingerprint density at radius 1 is 1.24 bits per heavy atom. The van der Waals surface area contributed by atoms with Crippen molar-refractivity contribution in [3.8, 4) is 5.75 Å². The van der Waals surface area contributed by atoms with E-state index in [0.717, 1.165) is 0 Å². The van der Waals surface area contributed by atoms with Crippen molar-refractivity contribution in [2.75, 3.05) is 0 Å². The number of allylic oxidation sites excluding steroid dienone is 2. The van der Waals surface area contributed by atoms with E-state index >= 15 is 0 Å². The number of rotatable bonds is 3. The van der Waals surface area contributed by atoms with E-state index in [1.54, 1.807) is 24.3 Å². The Bertz CT molecular complexity index is 499. The lowest BCUT2D eigenvalue weighted by atomic mass is 10.0. The van der Waals surface area contributed by atoms with Crippen LogP contribution in [0.15, 0.2) is 54.1 Å². The topological polar surface area (TPSA) is 63.6 Å². The van der Waals surface area contributed by atoms with Gasteiger partial charge < -0.3 is 9.84 Å². The van der Waals surface area contributed by atoms with Gasteiger partial charge in [-0.1, -0.05) is 24.3 Å². The molecule has 86 valence electrons.